The number of pyridine rings is 1. The molecule has 7 nitrogen and oxygen atoms in total. The van der Waals surface area contributed by atoms with E-state index in [9.17, 15) is 9.18 Å². The van der Waals surface area contributed by atoms with Crippen LogP contribution in [0.15, 0.2) is 41.9 Å². The van der Waals surface area contributed by atoms with Gasteiger partial charge in [0.2, 0.25) is 0 Å². The molecule has 1 aromatic carbocycles. The van der Waals surface area contributed by atoms with Crippen LogP contribution in [0.1, 0.15) is 21.6 Å². The molecule has 3 heterocycles. The molecule has 1 amide bonds. The van der Waals surface area contributed by atoms with Crippen LogP contribution in [0.3, 0.4) is 0 Å². The fourth-order valence-electron chi connectivity index (χ4n) is 3.62. The van der Waals surface area contributed by atoms with E-state index in [2.05, 4.69) is 15.2 Å². The van der Waals surface area contributed by atoms with Gasteiger partial charge in [-0.3, -0.25) is 9.69 Å². The Kier molecular flexibility index (Phi) is 7.31. The van der Waals surface area contributed by atoms with Crippen molar-refractivity contribution >= 4 is 39.8 Å². The van der Waals surface area contributed by atoms with E-state index in [1.165, 1.54) is 23.5 Å². The summed E-state index contributed by atoms with van der Waals surface area (Å²) in [6.07, 6.45) is 1.74. The van der Waals surface area contributed by atoms with Crippen LogP contribution in [0.5, 0.6) is 0 Å². The molecule has 0 unspecified atom stereocenters. The first-order valence-corrected chi connectivity index (χ1v) is 11.4. The normalized spacial score (nSPS) is 14.5. The summed E-state index contributed by atoms with van der Waals surface area (Å²) in [5, 5.41) is 5.87. The number of ether oxygens (including phenoxy) is 1. The van der Waals surface area contributed by atoms with E-state index >= 15 is 0 Å². The van der Waals surface area contributed by atoms with E-state index in [4.69, 9.17) is 21.3 Å². The highest BCUT2D eigenvalue weighted by molar-refractivity contribution is 7.13. The Labute approximate surface area is 194 Å². The molecule has 0 bridgehead atoms. The number of amides is 1. The molecule has 3 aromatic rings. The number of methoxy groups -OCH3 is 1. The molecule has 0 aliphatic carbocycles. The maximum atomic E-state index is 14.2. The smallest absolute Gasteiger partial charge is 0.256 e. The number of benzene rings is 1. The van der Waals surface area contributed by atoms with Gasteiger partial charge in [0.1, 0.15) is 5.82 Å². The number of hydrogen-bond donors (Lipinski definition) is 1. The fourth-order valence-corrected chi connectivity index (χ4v) is 4.33. The van der Waals surface area contributed by atoms with E-state index in [1.54, 1.807) is 24.3 Å². The topological polar surface area (TPSA) is 70.6 Å². The van der Waals surface area contributed by atoms with Gasteiger partial charge in [0, 0.05) is 51.4 Å². The summed E-state index contributed by atoms with van der Waals surface area (Å²) in [6, 6.07) is 8.47. The first-order chi connectivity index (χ1) is 15.5. The highest BCUT2D eigenvalue weighted by Gasteiger charge is 2.25. The summed E-state index contributed by atoms with van der Waals surface area (Å²) in [4.78, 5) is 25.6. The summed E-state index contributed by atoms with van der Waals surface area (Å²) >= 11 is 7.33. The van der Waals surface area contributed by atoms with Gasteiger partial charge in [0.05, 0.1) is 22.9 Å². The van der Waals surface area contributed by atoms with Crippen LogP contribution < -0.4 is 5.32 Å². The molecule has 1 aliphatic heterocycles. The number of aromatic nitrogens is 2. The van der Waals surface area contributed by atoms with Gasteiger partial charge in [0.25, 0.3) is 5.91 Å². The number of nitrogens with zero attached hydrogens (tertiary/aromatic N) is 4. The van der Waals surface area contributed by atoms with Crippen molar-refractivity contribution in [3.05, 3.63) is 69.6 Å². The zero-order valence-electron chi connectivity index (χ0n) is 17.6. The van der Waals surface area contributed by atoms with Gasteiger partial charge in [-0.2, -0.15) is 0 Å². The van der Waals surface area contributed by atoms with Gasteiger partial charge in [-0.05, 0) is 29.8 Å². The minimum atomic E-state index is -0.666. The van der Waals surface area contributed by atoms with E-state index in [1.807, 2.05) is 17.5 Å². The molecule has 4 rings (SSSR count). The first-order valence-electron chi connectivity index (χ1n) is 10.1. The highest BCUT2D eigenvalue weighted by atomic mass is 35.5. The van der Waals surface area contributed by atoms with Gasteiger partial charge < -0.3 is 15.0 Å². The maximum Gasteiger partial charge on any atom is 0.256 e. The van der Waals surface area contributed by atoms with Crippen molar-refractivity contribution in [1.29, 1.82) is 0 Å². The highest BCUT2D eigenvalue weighted by Crippen LogP contribution is 2.22. The van der Waals surface area contributed by atoms with Gasteiger partial charge in [0.15, 0.2) is 10.9 Å². The molecule has 168 valence electrons. The van der Waals surface area contributed by atoms with E-state index in [-0.39, 0.29) is 16.5 Å². The van der Waals surface area contributed by atoms with Crippen molar-refractivity contribution in [1.82, 2.24) is 19.8 Å². The van der Waals surface area contributed by atoms with Crippen molar-refractivity contribution in [2.24, 2.45) is 0 Å². The number of hydrogen-bond acceptors (Lipinski definition) is 7. The molecule has 1 fully saturated rings. The van der Waals surface area contributed by atoms with Crippen molar-refractivity contribution in [3.63, 3.8) is 0 Å². The minimum Gasteiger partial charge on any atom is -0.380 e. The lowest BCUT2D eigenvalue weighted by Crippen LogP contribution is -2.48. The van der Waals surface area contributed by atoms with Crippen LogP contribution in [0.2, 0.25) is 5.02 Å². The van der Waals surface area contributed by atoms with Crippen LogP contribution in [0.4, 0.5) is 15.3 Å². The monoisotopic (exact) mass is 475 g/mol. The predicted octanol–water partition coefficient (Wildman–Crippen LogP) is 4.18. The third kappa shape index (κ3) is 5.42. The number of anilines is 2. The Morgan fingerprint density at radius 1 is 1.28 bits per heavy atom. The zero-order chi connectivity index (χ0) is 22.5. The molecular formula is C22H23ClFN5O2S. The Morgan fingerprint density at radius 2 is 2.09 bits per heavy atom. The first kappa shape index (κ1) is 22.6. The van der Waals surface area contributed by atoms with Crippen LogP contribution >= 0.6 is 22.9 Å². The lowest BCUT2D eigenvalue weighted by Gasteiger charge is -2.34. The summed E-state index contributed by atoms with van der Waals surface area (Å²) in [6.45, 7) is 3.46. The van der Waals surface area contributed by atoms with Gasteiger partial charge in [-0.25, -0.2) is 14.4 Å². The number of rotatable bonds is 7. The molecule has 32 heavy (non-hydrogen) atoms. The van der Waals surface area contributed by atoms with Crippen molar-refractivity contribution in [2.75, 3.05) is 38.6 Å². The number of nitrogens with one attached hydrogen (secondary N) is 1. The lowest BCUT2D eigenvalue weighted by atomic mass is 10.1. The number of halogens is 2. The minimum absolute atomic E-state index is 0.0118. The summed E-state index contributed by atoms with van der Waals surface area (Å²) < 4.78 is 19.5. The second-order valence-corrected chi connectivity index (χ2v) is 8.72. The van der Waals surface area contributed by atoms with Crippen molar-refractivity contribution in [2.45, 2.75) is 13.2 Å². The van der Waals surface area contributed by atoms with Gasteiger partial charge >= 0.3 is 0 Å². The Balaban J connectivity index is 1.40. The quantitative estimate of drug-likeness (QED) is 0.553. The van der Waals surface area contributed by atoms with E-state index < -0.39 is 5.82 Å². The lowest BCUT2D eigenvalue weighted by molar-refractivity contribution is 0.0622. The molecule has 0 atom stereocenters. The Morgan fingerprint density at radius 3 is 2.81 bits per heavy atom. The standard InChI is InChI=1S/C22H23ClFN5O2S/c1-31-14-15-11-16(26-19(12-15)27-22-25-5-10-32-22)13-28-6-8-29(9-7-28)21(30)17-3-2-4-18(23)20(17)24/h2-5,10-12H,6-9,13-14H2,1H3,(H,25,26,27). The molecule has 1 aliphatic rings. The number of piperazine rings is 1. The average Bonchev–Trinajstić information content (AvgIpc) is 3.29. The summed E-state index contributed by atoms with van der Waals surface area (Å²) in [5.41, 5.74) is 1.93. The van der Waals surface area contributed by atoms with Gasteiger partial charge in [-0.1, -0.05) is 17.7 Å². The van der Waals surface area contributed by atoms with Crippen molar-refractivity contribution < 1.29 is 13.9 Å². The van der Waals surface area contributed by atoms with E-state index in [0.29, 0.717) is 39.3 Å². The third-order valence-electron chi connectivity index (χ3n) is 5.14. The molecule has 0 radical (unpaired) electrons. The second-order valence-electron chi connectivity index (χ2n) is 7.42. The number of carbonyl (C=O) groups excluding carboxylic acids is 1. The summed E-state index contributed by atoms with van der Waals surface area (Å²) in [7, 11) is 1.66. The van der Waals surface area contributed by atoms with Gasteiger partial charge in [-0.15, -0.1) is 11.3 Å². The average molecular weight is 476 g/mol. The molecule has 1 N–H and O–H groups in total. The zero-order valence-corrected chi connectivity index (χ0v) is 19.1. The van der Waals surface area contributed by atoms with Crippen LogP contribution in [0, 0.1) is 5.82 Å². The maximum absolute atomic E-state index is 14.2. The predicted molar refractivity (Wildman–Crippen MR) is 123 cm³/mol. The molecule has 0 spiro atoms. The fraction of sp³-hybridized carbons (Fsp3) is 0.318. The Bertz CT molecular complexity index is 1070. The summed E-state index contributed by atoms with van der Waals surface area (Å²) in [5.74, 6) is -0.282. The molecule has 1 saturated heterocycles. The van der Waals surface area contributed by atoms with Crippen LogP contribution in [-0.4, -0.2) is 59.0 Å². The number of thiazole rings is 1. The second kappa shape index (κ2) is 10.4. The third-order valence-corrected chi connectivity index (χ3v) is 6.12. The molecule has 10 heteroatoms. The Hall–Kier alpha value is -2.59. The molecule has 2 aromatic heterocycles. The largest absolute Gasteiger partial charge is 0.380 e. The molecular weight excluding hydrogens is 453 g/mol. The van der Waals surface area contributed by atoms with E-state index in [0.717, 1.165) is 22.2 Å². The SMILES string of the molecule is COCc1cc(CN2CCN(C(=O)c3cccc(Cl)c3F)CC2)nc(Nc2nccs2)c1. The van der Waals surface area contributed by atoms with Crippen molar-refractivity contribution in [3.8, 4) is 0 Å². The molecule has 0 saturated carbocycles. The number of carbonyl (C=O) groups is 1. The van der Waals surface area contributed by atoms with Crippen LogP contribution in [-0.2, 0) is 17.9 Å². The van der Waals surface area contributed by atoms with Crippen LogP contribution in [0.25, 0.3) is 0 Å².